The number of hydrogen-bond acceptors (Lipinski definition) is 23. The first-order chi connectivity index (χ1) is 45.8. The number of aliphatic hydroxyl groups excluding tert-OH is 10. The smallest absolute Gasteiger partial charge is 0.463 e. The van der Waals surface area contributed by atoms with E-state index in [0.29, 0.717) is 19.3 Å². The van der Waals surface area contributed by atoms with Crippen LogP contribution in [0.1, 0.15) is 284 Å². The number of phosphoric acid groups is 1. The van der Waals surface area contributed by atoms with Crippen molar-refractivity contribution in [2.45, 2.75) is 388 Å². The van der Waals surface area contributed by atoms with Crippen molar-refractivity contribution >= 4 is 25.7 Å². The van der Waals surface area contributed by atoms with Crippen LogP contribution in [0.15, 0.2) is 12.2 Å². The van der Waals surface area contributed by atoms with Gasteiger partial charge in [-0.15, -0.1) is 0 Å². The number of esters is 3. The van der Waals surface area contributed by atoms with Gasteiger partial charge in [-0.3, -0.25) is 23.4 Å². The Bertz CT molecular complexity index is 2020. The fourth-order valence-corrected chi connectivity index (χ4v) is 13.2. The van der Waals surface area contributed by atoms with Crippen molar-refractivity contribution < 1.29 is 117 Å². The quantitative estimate of drug-likeness (QED) is 0.00887. The lowest BCUT2D eigenvalue weighted by Gasteiger charge is -2.49. The molecule has 0 aromatic carbocycles. The molecule has 0 radical (unpaired) electrons. The van der Waals surface area contributed by atoms with Crippen LogP contribution in [0.5, 0.6) is 0 Å². The maximum Gasteiger partial charge on any atom is 0.472 e. The molecule has 11 N–H and O–H groups in total. The van der Waals surface area contributed by atoms with Gasteiger partial charge < -0.3 is 89.1 Å². The Kier molecular flexibility index (Phi) is 48.2. The predicted molar refractivity (Wildman–Crippen MR) is 356 cm³/mol. The van der Waals surface area contributed by atoms with Gasteiger partial charge in [-0.25, -0.2) is 4.57 Å². The van der Waals surface area contributed by atoms with Crippen molar-refractivity contribution in [3.8, 4) is 0 Å². The zero-order chi connectivity index (χ0) is 69.6. The van der Waals surface area contributed by atoms with Crippen LogP contribution >= 0.6 is 7.82 Å². The summed E-state index contributed by atoms with van der Waals surface area (Å²) in [5.41, 5.74) is 0. The molecular formula is C70H129O24P. The van der Waals surface area contributed by atoms with Gasteiger partial charge in [-0.1, -0.05) is 232 Å². The summed E-state index contributed by atoms with van der Waals surface area (Å²) in [6, 6.07) is 0. The average molecular weight is 1390 g/mol. The number of ether oxygens (including phenoxy) is 7. The Morgan fingerprint density at radius 2 is 0.737 bits per heavy atom. The molecule has 95 heavy (non-hydrogen) atoms. The minimum atomic E-state index is -5.69. The van der Waals surface area contributed by atoms with Crippen LogP contribution in [0, 0.1) is 0 Å². The second-order valence-electron chi connectivity index (χ2n) is 26.7. The highest BCUT2D eigenvalue weighted by Gasteiger charge is 2.58. The van der Waals surface area contributed by atoms with E-state index in [2.05, 4.69) is 32.9 Å². The number of rotatable bonds is 57. The van der Waals surface area contributed by atoms with E-state index < -0.39 is 156 Å². The van der Waals surface area contributed by atoms with Crippen LogP contribution in [-0.2, 0) is 61.2 Å². The molecule has 0 amide bonds. The highest BCUT2D eigenvalue weighted by Crippen LogP contribution is 2.49. The molecule has 18 unspecified atom stereocenters. The summed E-state index contributed by atoms with van der Waals surface area (Å²) in [7, 11) is -5.69. The zero-order valence-electron chi connectivity index (χ0n) is 58.0. The monoisotopic (exact) mass is 1380 g/mol. The highest BCUT2D eigenvalue weighted by atomic mass is 31.2. The van der Waals surface area contributed by atoms with Crippen LogP contribution in [0.3, 0.4) is 0 Å². The Labute approximate surface area is 567 Å². The molecule has 3 fully saturated rings. The number of aliphatic hydroxyl groups is 10. The van der Waals surface area contributed by atoms with Crippen LogP contribution in [0.25, 0.3) is 0 Å². The number of phosphoric ester groups is 1. The molecule has 18 atom stereocenters. The highest BCUT2D eigenvalue weighted by molar-refractivity contribution is 7.47. The van der Waals surface area contributed by atoms with Gasteiger partial charge >= 0.3 is 25.7 Å². The third-order valence-corrected chi connectivity index (χ3v) is 19.3. The topological polar surface area (TPSA) is 374 Å². The third-order valence-electron chi connectivity index (χ3n) is 18.3. The number of carbonyl (C=O) groups excluding carboxylic acids is 3. The number of unbranched alkanes of at least 4 members (excludes halogenated alkanes) is 34. The average Bonchev–Trinajstić information content (AvgIpc) is 0.765. The summed E-state index contributed by atoms with van der Waals surface area (Å²) in [5, 5.41) is 110. The third kappa shape index (κ3) is 36.2. The first-order valence-electron chi connectivity index (χ1n) is 37.0. The number of allylic oxidation sites excluding steroid dienone is 2. The van der Waals surface area contributed by atoms with Crippen LogP contribution in [0.4, 0.5) is 0 Å². The van der Waals surface area contributed by atoms with E-state index >= 15 is 0 Å². The van der Waals surface area contributed by atoms with Gasteiger partial charge in [0.05, 0.1) is 13.2 Å². The fraction of sp³-hybridized carbons (Fsp3) is 0.929. The van der Waals surface area contributed by atoms with Crippen molar-refractivity contribution in [2.75, 3.05) is 26.4 Å². The van der Waals surface area contributed by atoms with E-state index in [9.17, 15) is 74.9 Å². The summed E-state index contributed by atoms with van der Waals surface area (Å²) in [6.45, 7) is 3.42. The molecule has 1 aliphatic carbocycles. The Morgan fingerprint density at radius 1 is 0.400 bits per heavy atom. The summed E-state index contributed by atoms with van der Waals surface area (Å²) in [6.07, 6.45) is 10.1. The predicted octanol–water partition coefficient (Wildman–Crippen LogP) is 9.57. The lowest BCUT2D eigenvalue weighted by Crippen LogP contribution is -2.69. The van der Waals surface area contributed by atoms with E-state index in [1.54, 1.807) is 0 Å². The zero-order valence-corrected chi connectivity index (χ0v) is 58.9. The van der Waals surface area contributed by atoms with E-state index in [0.717, 1.165) is 116 Å². The van der Waals surface area contributed by atoms with Gasteiger partial charge in [0, 0.05) is 19.3 Å². The lowest BCUT2D eigenvalue weighted by atomic mass is 9.84. The molecule has 1 saturated carbocycles. The molecule has 25 heteroatoms. The Morgan fingerprint density at radius 3 is 1.15 bits per heavy atom. The van der Waals surface area contributed by atoms with Gasteiger partial charge in [-0.2, -0.15) is 0 Å². The normalized spacial score (nSPS) is 28.1. The summed E-state index contributed by atoms with van der Waals surface area (Å²) in [4.78, 5) is 50.9. The first-order valence-corrected chi connectivity index (χ1v) is 38.5. The largest absolute Gasteiger partial charge is 0.472 e. The second kappa shape index (κ2) is 52.6. The minimum absolute atomic E-state index is 0.0315. The molecule has 0 aromatic rings. The second-order valence-corrected chi connectivity index (χ2v) is 28.1. The molecule has 3 rings (SSSR count). The summed E-state index contributed by atoms with van der Waals surface area (Å²) in [5.74, 6) is -1.99. The van der Waals surface area contributed by atoms with Gasteiger partial charge in [0.15, 0.2) is 18.7 Å². The van der Waals surface area contributed by atoms with Gasteiger partial charge in [-0.05, 0) is 44.9 Å². The standard InChI is InChI=1S/C70H129O24P/c1-4-7-10-13-16-19-22-24-26-28-30-33-35-38-41-44-54(72)86-48-51(89-56(74)46-43-40-37-34-31-27-25-23-20-17-14-11-8-5-2)49-88-95(84,85)94-68-66(92-69-64(82)59(77)57(75)52(47-71)90-69)62(80)61(79)63(81)67(68)93-70-65(83)60(78)58(76)53(91-70)50-87-55(73)45-42-39-36-32-29-21-18-15-12-9-6-3/h19,22,51-53,57-71,75-83H,4-18,20-21,23-50H2,1-3H3,(H,84,85)/b22-19-. The molecular weight excluding hydrogens is 1260 g/mol. The lowest BCUT2D eigenvalue weighted by molar-refractivity contribution is -0.360. The van der Waals surface area contributed by atoms with Crippen molar-refractivity contribution in [3.05, 3.63) is 12.2 Å². The maximum absolute atomic E-state index is 14.3. The molecule has 0 bridgehead atoms. The molecule has 3 aliphatic rings. The van der Waals surface area contributed by atoms with Crippen molar-refractivity contribution in [3.63, 3.8) is 0 Å². The molecule has 2 saturated heterocycles. The van der Waals surface area contributed by atoms with Gasteiger partial charge in [0.1, 0.15) is 98.7 Å². The van der Waals surface area contributed by atoms with Crippen molar-refractivity contribution in [2.24, 2.45) is 0 Å². The fourth-order valence-electron chi connectivity index (χ4n) is 12.2. The minimum Gasteiger partial charge on any atom is -0.463 e. The SMILES string of the molecule is CCCCCC/C=C\CCCCCCCCCC(=O)OCC(COP(=O)(O)OC1C(OC2OC(CO)C(O)C(O)C2O)C(O)C(O)C(O)C1OC1OC(COC(=O)CCCCCCCCCCCCC)C(O)C(O)C1O)OC(=O)CCCCCCCCCCCCCCCC. The molecule has 0 aromatic heterocycles. The molecule has 2 heterocycles. The van der Waals surface area contributed by atoms with Crippen molar-refractivity contribution in [1.82, 2.24) is 0 Å². The molecule has 24 nitrogen and oxygen atoms in total. The van der Waals surface area contributed by atoms with Gasteiger partial charge in [0.2, 0.25) is 0 Å². The summed E-state index contributed by atoms with van der Waals surface area (Å²) >= 11 is 0. The van der Waals surface area contributed by atoms with E-state index in [1.165, 1.54) is 109 Å². The Hall–Kier alpha value is -2.30. The molecule has 558 valence electrons. The van der Waals surface area contributed by atoms with E-state index in [-0.39, 0.29) is 19.3 Å². The van der Waals surface area contributed by atoms with Crippen LogP contribution in [-0.4, -0.2) is 204 Å². The number of carbonyl (C=O) groups is 3. The maximum atomic E-state index is 14.3. The van der Waals surface area contributed by atoms with E-state index in [4.69, 9.17) is 42.2 Å². The van der Waals surface area contributed by atoms with Crippen LogP contribution < -0.4 is 0 Å². The first kappa shape index (κ1) is 86.9. The van der Waals surface area contributed by atoms with Crippen LogP contribution in [0.2, 0.25) is 0 Å². The number of hydrogen-bond donors (Lipinski definition) is 11. The van der Waals surface area contributed by atoms with E-state index in [1.807, 2.05) is 0 Å². The molecule has 2 aliphatic heterocycles. The Balaban J connectivity index is 1.75. The van der Waals surface area contributed by atoms with Crippen molar-refractivity contribution in [1.29, 1.82) is 0 Å². The molecule has 0 spiro atoms. The van der Waals surface area contributed by atoms with Gasteiger partial charge in [0.25, 0.3) is 0 Å². The summed E-state index contributed by atoms with van der Waals surface area (Å²) < 4.78 is 64.9.